The van der Waals surface area contributed by atoms with Gasteiger partial charge in [-0.2, -0.15) is 0 Å². The van der Waals surface area contributed by atoms with E-state index < -0.39 is 6.10 Å². The van der Waals surface area contributed by atoms with Gasteiger partial charge >= 0.3 is 17.9 Å². The zero-order valence-electron chi connectivity index (χ0n) is 45.8. The molecule has 0 fully saturated rings. The quantitative estimate of drug-likeness (QED) is 0.0262. The molecule has 0 heterocycles. The monoisotopic (exact) mass is 973 g/mol. The Kier molecular flexibility index (Phi) is 54.9. The number of allylic oxidation sites excluding steroid dienone is 16. The molecule has 0 aromatic heterocycles. The highest BCUT2D eigenvalue weighted by Crippen LogP contribution is 2.14. The van der Waals surface area contributed by atoms with Crippen LogP contribution in [0.15, 0.2) is 97.2 Å². The molecule has 0 saturated heterocycles. The third-order valence-electron chi connectivity index (χ3n) is 12.3. The molecule has 6 nitrogen and oxygen atoms in total. The van der Waals surface area contributed by atoms with Crippen molar-refractivity contribution < 1.29 is 28.6 Å². The Bertz CT molecular complexity index is 1400. The minimum Gasteiger partial charge on any atom is -0.462 e. The molecule has 0 aliphatic heterocycles. The predicted octanol–water partition coefficient (Wildman–Crippen LogP) is 19.7. The molecule has 70 heavy (non-hydrogen) atoms. The van der Waals surface area contributed by atoms with Crippen molar-refractivity contribution in [3.63, 3.8) is 0 Å². The van der Waals surface area contributed by atoms with Crippen LogP contribution in [0.5, 0.6) is 0 Å². The molecule has 0 aromatic carbocycles. The zero-order chi connectivity index (χ0) is 50.7. The Morgan fingerprint density at radius 1 is 0.300 bits per heavy atom. The first-order valence-corrected chi connectivity index (χ1v) is 29.2. The van der Waals surface area contributed by atoms with E-state index in [9.17, 15) is 14.4 Å². The summed E-state index contributed by atoms with van der Waals surface area (Å²) in [4.78, 5) is 38.2. The van der Waals surface area contributed by atoms with Gasteiger partial charge in [0.25, 0.3) is 0 Å². The summed E-state index contributed by atoms with van der Waals surface area (Å²) in [5.41, 5.74) is 0. The van der Waals surface area contributed by atoms with Crippen molar-refractivity contribution in [3.05, 3.63) is 97.2 Å². The van der Waals surface area contributed by atoms with Crippen LogP contribution in [0.3, 0.4) is 0 Å². The van der Waals surface area contributed by atoms with Gasteiger partial charge in [-0.3, -0.25) is 14.4 Å². The first-order chi connectivity index (χ1) is 34.5. The SMILES string of the molecule is CC/C=C\C/C=C\C/C=C\C/C=C\C/C=C\C/C=C\CCCCCCC(=O)OCC(COC(=O)CCCCCCC/C=C\CCCCCCC)OC(=O)CCCCCCC/C=C\CCCCCCCC. The number of rotatable bonds is 52. The molecule has 0 spiro atoms. The average Bonchev–Trinajstić information content (AvgIpc) is 3.36. The first-order valence-electron chi connectivity index (χ1n) is 29.2. The van der Waals surface area contributed by atoms with Gasteiger partial charge in [0.15, 0.2) is 6.10 Å². The molecule has 0 bridgehead atoms. The third-order valence-corrected chi connectivity index (χ3v) is 12.3. The normalized spacial score (nSPS) is 12.8. The summed E-state index contributed by atoms with van der Waals surface area (Å²) in [7, 11) is 0. The number of esters is 3. The van der Waals surface area contributed by atoms with Crippen molar-refractivity contribution in [1.29, 1.82) is 0 Å². The first kappa shape index (κ1) is 66.3. The molecule has 0 N–H and O–H groups in total. The molecule has 6 heteroatoms. The lowest BCUT2D eigenvalue weighted by molar-refractivity contribution is -0.167. The second-order valence-electron chi connectivity index (χ2n) is 19.2. The maximum Gasteiger partial charge on any atom is 0.306 e. The van der Waals surface area contributed by atoms with Gasteiger partial charge in [0, 0.05) is 19.3 Å². The average molecular weight is 974 g/mol. The van der Waals surface area contributed by atoms with Crippen molar-refractivity contribution in [2.24, 2.45) is 0 Å². The Morgan fingerprint density at radius 2 is 0.557 bits per heavy atom. The smallest absolute Gasteiger partial charge is 0.306 e. The van der Waals surface area contributed by atoms with Crippen LogP contribution in [0.1, 0.15) is 271 Å². The third kappa shape index (κ3) is 55.3. The van der Waals surface area contributed by atoms with Crippen LogP contribution in [0.2, 0.25) is 0 Å². The maximum absolute atomic E-state index is 12.8. The molecule has 0 aromatic rings. The van der Waals surface area contributed by atoms with E-state index >= 15 is 0 Å². The van der Waals surface area contributed by atoms with Crippen LogP contribution in [-0.2, 0) is 28.6 Å². The standard InChI is InChI=1S/C64H108O6/c1-4-7-10-13-16-19-22-25-28-29-30-31-32-33-34-35-37-39-42-45-48-51-54-57-63(66)69-60-61(59-68-62(65)56-53-50-47-44-41-38-27-24-21-18-15-12-9-6-3)70-64(67)58-55-52-49-46-43-40-36-26-23-20-17-14-11-8-5-2/h7,10,16,19,24-28,30-31,33-34,36-37,39,61H,4-6,8-9,11-15,17-18,20-23,29,32,35,38,40-60H2,1-3H3/b10-7-,19-16-,27-24-,28-25-,31-30-,34-33-,36-26-,39-37-. The number of hydrogen-bond acceptors (Lipinski definition) is 6. The summed E-state index contributed by atoms with van der Waals surface area (Å²) in [5, 5.41) is 0. The zero-order valence-corrected chi connectivity index (χ0v) is 45.8. The van der Waals surface area contributed by atoms with Gasteiger partial charge in [-0.25, -0.2) is 0 Å². The van der Waals surface area contributed by atoms with E-state index in [1.165, 1.54) is 103 Å². The summed E-state index contributed by atoms with van der Waals surface area (Å²) in [6.45, 7) is 6.48. The Labute approximate surface area is 432 Å². The van der Waals surface area contributed by atoms with Crippen LogP contribution in [0.4, 0.5) is 0 Å². The summed E-state index contributed by atoms with van der Waals surface area (Å²) >= 11 is 0. The molecule has 400 valence electrons. The van der Waals surface area contributed by atoms with Crippen LogP contribution < -0.4 is 0 Å². The highest BCUT2D eigenvalue weighted by Gasteiger charge is 2.19. The van der Waals surface area contributed by atoms with E-state index in [2.05, 4.69) is 118 Å². The second-order valence-corrected chi connectivity index (χ2v) is 19.2. The van der Waals surface area contributed by atoms with Gasteiger partial charge in [0.1, 0.15) is 13.2 Å². The largest absolute Gasteiger partial charge is 0.462 e. The fourth-order valence-corrected chi connectivity index (χ4v) is 7.91. The van der Waals surface area contributed by atoms with E-state index in [-0.39, 0.29) is 31.1 Å². The number of carbonyl (C=O) groups is 3. The van der Waals surface area contributed by atoms with Crippen molar-refractivity contribution in [2.75, 3.05) is 13.2 Å². The molecule has 0 aliphatic rings. The minimum atomic E-state index is -0.797. The lowest BCUT2D eigenvalue weighted by atomic mass is 10.1. The number of hydrogen-bond donors (Lipinski definition) is 0. The second kappa shape index (κ2) is 57.9. The topological polar surface area (TPSA) is 78.9 Å². The highest BCUT2D eigenvalue weighted by molar-refractivity contribution is 5.71. The predicted molar refractivity (Wildman–Crippen MR) is 302 cm³/mol. The summed E-state index contributed by atoms with van der Waals surface area (Å²) < 4.78 is 16.8. The lowest BCUT2D eigenvalue weighted by Gasteiger charge is -2.18. The Balaban J connectivity index is 4.43. The summed E-state index contributed by atoms with van der Waals surface area (Å²) in [5.74, 6) is -0.932. The van der Waals surface area contributed by atoms with E-state index in [1.807, 2.05) is 0 Å². The van der Waals surface area contributed by atoms with Gasteiger partial charge in [0.05, 0.1) is 0 Å². The van der Waals surface area contributed by atoms with Gasteiger partial charge < -0.3 is 14.2 Å². The lowest BCUT2D eigenvalue weighted by Crippen LogP contribution is -2.30. The van der Waals surface area contributed by atoms with Crippen molar-refractivity contribution in [2.45, 2.75) is 277 Å². The van der Waals surface area contributed by atoms with Gasteiger partial charge in [-0.05, 0) is 122 Å². The molecular formula is C64H108O6. The van der Waals surface area contributed by atoms with Gasteiger partial charge in [-0.1, -0.05) is 227 Å². The highest BCUT2D eigenvalue weighted by atomic mass is 16.6. The fourth-order valence-electron chi connectivity index (χ4n) is 7.91. The van der Waals surface area contributed by atoms with Gasteiger partial charge in [0.2, 0.25) is 0 Å². The maximum atomic E-state index is 12.8. The number of carbonyl (C=O) groups excluding carboxylic acids is 3. The Morgan fingerprint density at radius 3 is 0.886 bits per heavy atom. The van der Waals surface area contributed by atoms with Crippen molar-refractivity contribution >= 4 is 17.9 Å². The van der Waals surface area contributed by atoms with Crippen molar-refractivity contribution in [3.8, 4) is 0 Å². The van der Waals surface area contributed by atoms with E-state index in [1.54, 1.807) is 0 Å². The van der Waals surface area contributed by atoms with Gasteiger partial charge in [-0.15, -0.1) is 0 Å². The minimum absolute atomic E-state index is 0.0935. The molecule has 0 aliphatic carbocycles. The van der Waals surface area contributed by atoms with Crippen LogP contribution in [-0.4, -0.2) is 37.2 Å². The summed E-state index contributed by atoms with van der Waals surface area (Å²) in [6, 6.07) is 0. The molecule has 0 saturated carbocycles. The molecule has 0 radical (unpaired) electrons. The van der Waals surface area contributed by atoms with Crippen molar-refractivity contribution in [1.82, 2.24) is 0 Å². The van der Waals surface area contributed by atoms with E-state index in [4.69, 9.17) is 14.2 Å². The molecule has 1 unspecified atom stereocenters. The summed E-state index contributed by atoms with van der Waals surface area (Å²) in [6.07, 6.45) is 76.8. The fraction of sp³-hybridized carbons (Fsp3) is 0.703. The van der Waals surface area contributed by atoms with Crippen LogP contribution in [0.25, 0.3) is 0 Å². The molecule has 1 atom stereocenters. The number of ether oxygens (including phenoxy) is 3. The number of unbranched alkanes of at least 4 members (excludes halogenated alkanes) is 25. The van der Waals surface area contributed by atoms with E-state index in [0.29, 0.717) is 19.3 Å². The Hall–Kier alpha value is -3.67. The molecular weight excluding hydrogens is 865 g/mol. The van der Waals surface area contributed by atoms with Crippen LogP contribution in [0, 0.1) is 0 Å². The van der Waals surface area contributed by atoms with Crippen LogP contribution >= 0.6 is 0 Å². The van der Waals surface area contributed by atoms with E-state index in [0.717, 1.165) is 128 Å². The molecule has 0 amide bonds. The molecule has 0 rings (SSSR count).